The van der Waals surface area contributed by atoms with Crippen LogP contribution in [0.3, 0.4) is 0 Å². The lowest BCUT2D eigenvalue weighted by molar-refractivity contribution is 0.0697. The summed E-state index contributed by atoms with van der Waals surface area (Å²) in [6.45, 7) is 7.92. The number of nitrogens with one attached hydrogen (secondary N) is 1. The van der Waals surface area contributed by atoms with Crippen LogP contribution in [0.1, 0.15) is 20.3 Å². The summed E-state index contributed by atoms with van der Waals surface area (Å²) in [7, 11) is 0. The lowest BCUT2D eigenvalue weighted by Crippen LogP contribution is -2.33. The number of halogens is 1. The minimum atomic E-state index is -0.810. The van der Waals surface area contributed by atoms with Gasteiger partial charge in [0.2, 0.25) is 0 Å². The molecule has 0 radical (unpaired) electrons. The lowest BCUT2D eigenvalue weighted by Gasteiger charge is -2.22. The van der Waals surface area contributed by atoms with Crippen molar-refractivity contribution in [1.82, 2.24) is 9.78 Å². The van der Waals surface area contributed by atoms with Crippen LogP contribution >= 0.6 is 15.9 Å². The molecule has 0 bridgehead atoms. The molecule has 1 rings (SSSR count). The molecule has 0 amide bonds. The lowest BCUT2D eigenvalue weighted by atomic mass is 10.0. The van der Waals surface area contributed by atoms with Crippen LogP contribution in [0.4, 0.5) is 5.69 Å². The van der Waals surface area contributed by atoms with Gasteiger partial charge in [-0.3, -0.25) is 4.79 Å². The molecule has 1 aromatic rings. The van der Waals surface area contributed by atoms with E-state index in [-0.39, 0.29) is 5.56 Å². The van der Waals surface area contributed by atoms with Gasteiger partial charge >= 0.3 is 0 Å². The van der Waals surface area contributed by atoms with E-state index in [2.05, 4.69) is 32.9 Å². The van der Waals surface area contributed by atoms with Crippen LogP contribution in [0.2, 0.25) is 0 Å². The average molecular weight is 316 g/mol. The summed E-state index contributed by atoms with van der Waals surface area (Å²) in [4.78, 5) is 11.9. The molecule has 1 atom stereocenters. The van der Waals surface area contributed by atoms with Gasteiger partial charge in [0.05, 0.1) is 24.0 Å². The van der Waals surface area contributed by atoms with E-state index in [1.54, 1.807) is 19.2 Å². The van der Waals surface area contributed by atoms with E-state index < -0.39 is 5.60 Å². The molecule has 0 aliphatic heterocycles. The first kappa shape index (κ1) is 14.9. The highest BCUT2D eigenvalue weighted by molar-refractivity contribution is 9.10. The first-order valence-electron chi connectivity index (χ1n) is 5.74. The summed E-state index contributed by atoms with van der Waals surface area (Å²) in [6, 6.07) is 0. The molecule has 5 nitrogen and oxygen atoms in total. The number of rotatable bonds is 6. The first-order chi connectivity index (χ1) is 8.41. The molecular weight excluding hydrogens is 298 g/mol. The van der Waals surface area contributed by atoms with Crippen LogP contribution in [-0.4, -0.2) is 27.0 Å². The number of hydrogen-bond donors (Lipinski definition) is 2. The van der Waals surface area contributed by atoms with E-state index in [4.69, 9.17) is 0 Å². The van der Waals surface area contributed by atoms with Crippen molar-refractivity contribution in [3.05, 3.63) is 33.7 Å². The standard InChI is InChI=1S/C12H18BrN3O2/c1-4-6-16-11(17)10(13)9(7-15-16)14-8-12(3,18)5-2/h4,7,14,18H,1,5-6,8H2,2-3H3. The third-order valence-electron chi connectivity index (χ3n) is 2.71. The summed E-state index contributed by atoms with van der Waals surface area (Å²) < 4.78 is 1.71. The molecule has 18 heavy (non-hydrogen) atoms. The number of aromatic nitrogens is 2. The Hall–Kier alpha value is -1.14. The molecule has 2 N–H and O–H groups in total. The second-order valence-corrected chi connectivity index (χ2v) is 5.15. The maximum Gasteiger partial charge on any atom is 0.283 e. The topological polar surface area (TPSA) is 67.2 Å². The highest BCUT2D eigenvalue weighted by atomic mass is 79.9. The second kappa shape index (κ2) is 6.15. The Morgan fingerprint density at radius 2 is 2.39 bits per heavy atom. The summed E-state index contributed by atoms with van der Waals surface area (Å²) >= 11 is 3.24. The maximum atomic E-state index is 11.9. The minimum absolute atomic E-state index is 0.226. The van der Waals surface area contributed by atoms with Gasteiger partial charge in [-0.2, -0.15) is 5.10 Å². The third kappa shape index (κ3) is 3.68. The monoisotopic (exact) mass is 315 g/mol. The first-order valence-corrected chi connectivity index (χ1v) is 6.53. The van der Waals surface area contributed by atoms with E-state index in [0.29, 0.717) is 29.7 Å². The SMILES string of the molecule is C=CCn1ncc(NCC(C)(O)CC)c(Br)c1=O. The molecule has 0 aromatic carbocycles. The van der Waals surface area contributed by atoms with E-state index in [0.717, 1.165) is 0 Å². The number of nitrogens with zero attached hydrogens (tertiary/aromatic N) is 2. The molecule has 0 aliphatic rings. The van der Waals surface area contributed by atoms with Crippen LogP contribution in [-0.2, 0) is 6.54 Å². The Balaban J connectivity index is 2.89. The summed E-state index contributed by atoms with van der Waals surface area (Å²) in [5.41, 5.74) is -0.458. The number of hydrogen-bond acceptors (Lipinski definition) is 4. The molecule has 1 heterocycles. The van der Waals surface area contributed by atoms with Crippen molar-refractivity contribution >= 4 is 21.6 Å². The Morgan fingerprint density at radius 3 is 2.94 bits per heavy atom. The normalized spacial score (nSPS) is 14.0. The second-order valence-electron chi connectivity index (χ2n) is 4.35. The van der Waals surface area contributed by atoms with Crippen LogP contribution in [0.15, 0.2) is 28.1 Å². The zero-order chi connectivity index (χ0) is 13.8. The summed E-state index contributed by atoms with van der Waals surface area (Å²) in [5, 5.41) is 16.9. The van der Waals surface area contributed by atoms with Gasteiger partial charge in [0, 0.05) is 6.54 Å². The van der Waals surface area contributed by atoms with Crippen molar-refractivity contribution in [3.8, 4) is 0 Å². The highest BCUT2D eigenvalue weighted by Crippen LogP contribution is 2.18. The zero-order valence-corrected chi connectivity index (χ0v) is 12.2. The van der Waals surface area contributed by atoms with E-state index in [1.807, 2.05) is 6.92 Å². The summed E-state index contributed by atoms with van der Waals surface area (Å²) in [6.07, 6.45) is 3.79. The van der Waals surface area contributed by atoms with Gasteiger partial charge in [0.1, 0.15) is 4.47 Å². The fraction of sp³-hybridized carbons (Fsp3) is 0.500. The predicted octanol–water partition coefficient (Wildman–Crippen LogP) is 1.76. The van der Waals surface area contributed by atoms with Gasteiger partial charge in [-0.15, -0.1) is 6.58 Å². The number of aliphatic hydroxyl groups is 1. The zero-order valence-electron chi connectivity index (χ0n) is 10.6. The van der Waals surface area contributed by atoms with Crippen molar-refractivity contribution in [2.75, 3.05) is 11.9 Å². The summed E-state index contributed by atoms with van der Waals surface area (Å²) in [5.74, 6) is 0. The van der Waals surface area contributed by atoms with Crippen molar-refractivity contribution in [3.63, 3.8) is 0 Å². The van der Waals surface area contributed by atoms with Gasteiger partial charge < -0.3 is 10.4 Å². The molecule has 0 spiro atoms. The van der Waals surface area contributed by atoms with Gasteiger partial charge in [0.15, 0.2) is 0 Å². The van der Waals surface area contributed by atoms with Gasteiger partial charge in [-0.05, 0) is 29.3 Å². The third-order valence-corrected chi connectivity index (χ3v) is 3.47. The largest absolute Gasteiger partial charge is 0.388 e. The van der Waals surface area contributed by atoms with E-state index in [1.165, 1.54) is 4.68 Å². The Bertz CT molecular complexity index is 483. The van der Waals surface area contributed by atoms with Crippen LogP contribution in [0.25, 0.3) is 0 Å². The Morgan fingerprint density at radius 1 is 1.72 bits per heavy atom. The van der Waals surface area contributed by atoms with Crippen molar-refractivity contribution in [2.24, 2.45) is 0 Å². The van der Waals surface area contributed by atoms with E-state index in [9.17, 15) is 9.90 Å². The van der Waals surface area contributed by atoms with Crippen molar-refractivity contribution in [1.29, 1.82) is 0 Å². The number of anilines is 1. The Kier molecular flexibility index (Phi) is 5.10. The van der Waals surface area contributed by atoms with Crippen LogP contribution in [0.5, 0.6) is 0 Å². The molecular formula is C12H18BrN3O2. The van der Waals surface area contributed by atoms with E-state index >= 15 is 0 Å². The fourth-order valence-corrected chi connectivity index (χ4v) is 1.70. The Labute approximate surface area is 115 Å². The molecule has 0 saturated carbocycles. The molecule has 100 valence electrons. The predicted molar refractivity (Wildman–Crippen MR) is 75.8 cm³/mol. The number of allylic oxidation sites excluding steroid dienone is 1. The van der Waals surface area contributed by atoms with Gasteiger partial charge in [-0.25, -0.2) is 4.68 Å². The maximum absolute atomic E-state index is 11.9. The molecule has 6 heteroatoms. The molecule has 0 fully saturated rings. The molecule has 0 aliphatic carbocycles. The van der Waals surface area contributed by atoms with Crippen LogP contribution in [0, 0.1) is 0 Å². The van der Waals surface area contributed by atoms with Gasteiger partial charge in [0.25, 0.3) is 5.56 Å². The minimum Gasteiger partial charge on any atom is -0.388 e. The smallest absolute Gasteiger partial charge is 0.283 e. The van der Waals surface area contributed by atoms with Crippen molar-refractivity contribution in [2.45, 2.75) is 32.4 Å². The molecule has 0 saturated heterocycles. The van der Waals surface area contributed by atoms with Crippen LogP contribution < -0.4 is 10.9 Å². The highest BCUT2D eigenvalue weighted by Gasteiger charge is 2.18. The molecule has 1 aromatic heterocycles. The van der Waals surface area contributed by atoms with Crippen molar-refractivity contribution < 1.29 is 5.11 Å². The van der Waals surface area contributed by atoms with Gasteiger partial charge in [-0.1, -0.05) is 13.0 Å². The average Bonchev–Trinajstić information content (AvgIpc) is 2.34. The quantitative estimate of drug-likeness (QED) is 0.785. The molecule has 1 unspecified atom stereocenters. The fourth-order valence-electron chi connectivity index (χ4n) is 1.25.